The monoisotopic (exact) mass is 305 g/mol. The number of aryl methyl sites for hydroxylation is 1. The summed E-state index contributed by atoms with van der Waals surface area (Å²) in [6.07, 6.45) is 0. The molecule has 2 aromatic carbocycles. The predicted molar refractivity (Wildman–Crippen MR) is 85.0 cm³/mol. The molecule has 0 fully saturated rings. The van der Waals surface area contributed by atoms with Crippen LogP contribution in [-0.4, -0.2) is 20.8 Å². The van der Waals surface area contributed by atoms with Crippen molar-refractivity contribution in [2.75, 3.05) is 18.1 Å². The van der Waals surface area contributed by atoms with Gasteiger partial charge in [0.1, 0.15) is 12.4 Å². The van der Waals surface area contributed by atoms with Crippen molar-refractivity contribution in [3.63, 3.8) is 0 Å². The van der Waals surface area contributed by atoms with E-state index < -0.39 is 9.84 Å². The van der Waals surface area contributed by atoms with Crippen LogP contribution < -0.4 is 10.5 Å². The zero-order valence-electron chi connectivity index (χ0n) is 12.0. The Bertz CT molecular complexity index is 694. The van der Waals surface area contributed by atoms with E-state index in [1.165, 1.54) is 0 Å². The first-order valence-electron chi connectivity index (χ1n) is 6.69. The Hall–Kier alpha value is -2.01. The van der Waals surface area contributed by atoms with E-state index in [2.05, 4.69) is 0 Å². The number of anilines is 1. The van der Waals surface area contributed by atoms with Crippen LogP contribution in [0.2, 0.25) is 0 Å². The molecule has 0 saturated heterocycles. The minimum atomic E-state index is -3.19. The maximum absolute atomic E-state index is 12.1. The third-order valence-electron chi connectivity index (χ3n) is 3.18. The molecule has 0 aliphatic rings. The van der Waals surface area contributed by atoms with E-state index in [0.29, 0.717) is 11.4 Å². The third kappa shape index (κ3) is 4.79. The number of nitrogens with two attached hydrogens (primary N) is 1. The first-order chi connectivity index (χ1) is 9.96. The Morgan fingerprint density at radius 3 is 2.38 bits per heavy atom. The number of nitrogen functional groups attached to an aromatic ring is 1. The Balaban J connectivity index is 1.90. The van der Waals surface area contributed by atoms with Crippen molar-refractivity contribution >= 4 is 15.5 Å². The van der Waals surface area contributed by atoms with Gasteiger partial charge in [-0.2, -0.15) is 0 Å². The lowest BCUT2D eigenvalue weighted by Crippen LogP contribution is -2.16. The standard InChI is InChI=1S/C16H19NO3S/c1-13-4-2-3-5-14(13)12-21(18,19)11-10-20-16-8-6-15(17)7-9-16/h2-9H,10-12,17H2,1H3. The molecule has 0 amide bonds. The zero-order valence-corrected chi connectivity index (χ0v) is 12.8. The molecule has 0 spiro atoms. The zero-order chi connectivity index (χ0) is 15.3. The van der Waals surface area contributed by atoms with Crippen molar-refractivity contribution in [1.82, 2.24) is 0 Å². The van der Waals surface area contributed by atoms with Gasteiger partial charge < -0.3 is 10.5 Å². The van der Waals surface area contributed by atoms with E-state index in [1.54, 1.807) is 24.3 Å². The largest absolute Gasteiger partial charge is 0.493 e. The molecule has 2 aromatic rings. The van der Waals surface area contributed by atoms with Crippen LogP contribution in [0.4, 0.5) is 5.69 Å². The fraction of sp³-hybridized carbons (Fsp3) is 0.250. The van der Waals surface area contributed by atoms with Crippen LogP contribution in [0.5, 0.6) is 5.75 Å². The Morgan fingerprint density at radius 2 is 1.71 bits per heavy atom. The summed E-state index contributed by atoms with van der Waals surface area (Å²) in [4.78, 5) is 0. The predicted octanol–water partition coefficient (Wildman–Crippen LogP) is 2.57. The Labute approximate surface area is 125 Å². The van der Waals surface area contributed by atoms with Gasteiger partial charge in [-0.15, -0.1) is 0 Å². The average Bonchev–Trinajstić information content (AvgIpc) is 2.43. The SMILES string of the molecule is Cc1ccccc1CS(=O)(=O)CCOc1ccc(N)cc1. The minimum absolute atomic E-state index is 0.00822. The summed E-state index contributed by atoms with van der Waals surface area (Å²) >= 11 is 0. The first-order valence-corrected chi connectivity index (χ1v) is 8.52. The lowest BCUT2D eigenvalue weighted by Gasteiger charge is -2.09. The van der Waals surface area contributed by atoms with Gasteiger partial charge in [0.2, 0.25) is 0 Å². The molecule has 0 unspecified atom stereocenters. The summed E-state index contributed by atoms with van der Waals surface area (Å²) in [5.41, 5.74) is 8.05. The van der Waals surface area contributed by atoms with Gasteiger partial charge in [0, 0.05) is 5.69 Å². The molecule has 2 rings (SSSR count). The molecule has 2 N–H and O–H groups in total. The van der Waals surface area contributed by atoms with E-state index in [0.717, 1.165) is 11.1 Å². The number of hydrogen-bond acceptors (Lipinski definition) is 4. The van der Waals surface area contributed by atoms with Crippen molar-refractivity contribution < 1.29 is 13.2 Å². The quantitative estimate of drug-likeness (QED) is 0.833. The number of sulfone groups is 1. The second-order valence-electron chi connectivity index (χ2n) is 4.94. The van der Waals surface area contributed by atoms with Crippen LogP contribution in [0.3, 0.4) is 0 Å². The van der Waals surface area contributed by atoms with Crippen LogP contribution >= 0.6 is 0 Å². The van der Waals surface area contributed by atoms with Crippen LogP contribution in [0.25, 0.3) is 0 Å². The summed E-state index contributed by atoms with van der Waals surface area (Å²) in [7, 11) is -3.19. The van der Waals surface area contributed by atoms with E-state index >= 15 is 0 Å². The van der Waals surface area contributed by atoms with Crippen molar-refractivity contribution in [3.05, 3.63) is 59.7 Å². The molecule has 0 aliphatic carbocycles. The molecule has 0 aliphatic heterocycles. The number of benzene rings is 2. The fourth-order valence-corrected chi connectivity index (χ4v) is 3.21. The minimum Gasteiger partial charge on any atom is -0.493 e. The van der Waals surface area contributed by atoms with Gasteiger partial charge in [-0.3, -0.25) is 0 Å². The highest BCUT2D eigenvalue weighted by Gasteiger charge is 2.13. The van der Waals surface area contributed by atoms with Crippen LogP contribution in [-0.2, 0) is 15.6 Å². The second kappa shape index (κ2) is 6.63. The van der Waals surface area contributed by atoms with Gasteiger partial charge in [0.05, 0.1) is 11.5 Å². The molecule has 0 heterocycles. The molecule has 0 radical (unpaired) electrons. The summed E-state index contributed by atoms with van der Waals surface area (Å²) < 4.78 is 29.6. The number of hydrogen-bond donors (Lipinski definition) is 1. The van der Waals surface area contributed by atoms with Crippen molar-refractivity contribution in [2.24, 2.45) is 0 Å². The molecule has 112 valence electrons. The lowest BCUT2D eigenvalue weighted by atomic mass is 10.1. The second-order valence-corrected chi connectivity index (χ2v) is 7.12. The van der Waals surface area contributed by atoms with Gasteiger partial charge >= 0.3 is 0 Å². The molecule has 0 saturated carbocycles. The van der Waals surface area contributed by atoms with Gasteiger partial charge in [-0.1, -0.05) is 24.3 Å². The van der Waals surface area contributed by atoms with Gasteiger partial charge in [-0.05, 0) is 42.3 Å². The van der Waals surface area contributed by atoms with Gasteiger partial charge in [0.15, 0.2) is 9.84 Å². The maximum Gasteiger partial charge on any atom is 0.157 e. The number of ether oxygens (including phenoxy) is 1. The molecule has 21 heavy (non-hydrogen) atoms. The number of rotatable bonds is 6. The Morgan fingerprint density at radius 1 is 1.05 bits per heavy atom. The first kappa shape index (κ1) is 15.4. The summed E-state index contributed by atoms with van der Waals surface area (Å²) in [6.45, 7) is 2.05. The highest BCUT2D eigenvalue weighted by Crippen LogP contribution is 2.14. The fourth-order valence-electron chi connectivity index (χ4n) is 1.93. The van der Waals surface area contributed by atoms with Gasteiger partial charge in [-0.25, -0.2) is 8.42 Å². The highest BCUT2D eigenvalue weighted by atomic mass is 32.2. The lowest BCUT2D eigenvalue weighted by molar-refractivity contribution is 0.341. The van der Waals surface area contributed by atoms with Gasteiger partial charge in [0.25, 0.3) is 0 Å². The van der Waals surface area contributed by atoms with E-state index in [-0.39, 0.29) is 18.1 Å². The molecule has 0 atom stereocenters. The normalized spacial score (nSPS) is 11.3. The summed E-state index contributed by atoms with van der Waals surface area (Å²) in [5.74, 6) is 0.659. The van der Waals surface area contributed by atoms with Crippen LogP contribution in [0, 0.1) is 6.92 Å². The average molecular weight is 305 g/mol. The summed E-state index contributed by atoms with van der Waals surface area (Å²) in [6, 6.07) is 14.4. The molecule has 4 nitrogen and oxygen atoms in total. The topological polar surface area (TPSA) is 69.4 Å². The van der Waals surface area contributed by atoms with Crippen molar-refractivity contribution in [1.29, 1.82) is 0 Å². The Kier molecular flexibility index (Phi) is 4.85. The van der Waals surface area contributed by atoms with E-state index in [9.17, 15) is 8.42 Å². The van der Waals surface area contributed by atoms with Crippen LogP contribution in [0.1, 0.15) is 11.1 Å². The van der Waals surface area contributed by atoms with Crippen molar-refractivity contribution in [3.8, 4) is 5.75 Å². The maximum atomic E-state index is 12.1. The smallest absolute Gasteiger partial charge is 0.157 e. The molecule has 0 aromatic heterocycles. The van der Waals surface area contributed by atoms with E-state index in [4.69, 9.17) is 10.5 Å². The highest BCUT2D eigenvalue weighted by molar-refractivity contribution is 7.90. The molecular weight excluding hydrogens is 286 g/mol. The summed E-state index contributed by atoms with van der Waals surface area (Å²) in [5, 5.41) is 0. The molecule has 5 heteroatoms. The van der Waals surface area contributed by atoms with E-state index in [1.807, 2.05) is 31.2 Å². The molecule has 0 bridgehead atoms. The third-order valence-corrected chi connectivity index (χ3v) is 4.72. The van der Waals surface area contributed by atoms with Crippen molar-refractivity contribution in [2.45, 2.75) is 12.7 Å². The van der Waals surface area contributed by atoms with Crippen LogP contribution in [0.15, 0.2) is 48.5 Å². The molecular formula is C16H19NO3S.